The summed E-state index contributed by atoms with van der Waals surface area (Å²) >= 11 is 5.74. The van der Waals surface area contributed by atoms with Gasteiger partial charge in [-0.1, -0.05) is 11.6 Å². The third-order valence-electron chi connectivity index (χ3n) is 3.17. The van der Waals surface area contributed by atoms with Crippen LogP contribution in [0.1, 0.15) is 30.1 Å². The highest BCUT2D eigenvalue weighted by Crippen LogP contribution is 2.39. The Morgan fingerprint density at radius 1 is 1.47 bits per heavy atom. The summed E-state index contributed by atoms with van der Waals surface area (Å²) in [4.78, 5) is 11.8. The summed E-state index contributed by atoms with van der Waals surface area (Å²) in [5, 5.41) is 13.4. The fourth-order valence-corrected chi connectivity index (χ4v) is 1.94. The van der Waals surface area contributed by atoms with Crippen molar-refractivity contribution in [3.63, 3.8) is 0 Å². The number of amides is 1. The molecule has 2 rings (SSSR count). The number of halogens is 1. The van der Waals surface area contributed by atoms with Crippen LogP contribution in [0.3, 0.4) is 0 Å². The van der Waals surface area contributed by atoms with Gasteiger partial charge in [0.25, 0.3) is 5.91 Å². The maximum Gasteiger partial charge on any atom is 0.251 e. The minimum absolute atomic E-state index is 0.178. The molecule has 1 amide bonds. The van der Waals surface area contributed by atoms with E-state index in [-0.39, 0.29) is 5.91 Å². The molecule has 1 fully saturated rings. The van der Waals surface area contributed by atoms with Crippen LogP contribution in [0.5, 0.6) is 0 Å². The van der Waals surface area contributed by atoms with Crippen LogP contribution in [0.2, 0.25) is 5.02 Å². The second-order valence-electron chi connectivity index (χ2n) is 4.82. The van der Waals surface area contributed by atoms with E-state index in [1.54, 1.807) is 31.2 Å². The first-order valence-corrected chi connectivity index (χ1v) is 6.13. The Kier molecular flexibility index (Phi) is 3.40. The summed E-state index contributed by atoms with van der Waals surface area (Å²) in [6.07, 6.45) is 2.09. The Morgan fingerprint density at radius 3 is 2.59 bits per heavy atom. The molecule has 0 saturated heterocycles. The summed E-state index contributed by atoms with van der Waals surface area (Å²) in [6.45, 7) is 2.06. The first-order valence-electron chi connectivity index (χ1n) is 5.75. The van der Waals surface area contributed by atoms with Crippen LogP contribution in [-0.2, 0) is 0 Å². The van der Waals surface area contributed by atoms with Crippen LogP contribution in [0, 0.1) is 5.92 Å². The highest BCUT2D eigenvalue weighted by atomic mass is 35.5. The smallest absolute Gasteiger partial charge is 0.251 e. The zero-order valence-electron chi connectivity index (χ0n) is 9.74. The van der Waals surface area contributed by atoms with Crippen molar-refractivity contribution in [1.29, 1.82) is 0 Å². The van der Waals surface area contributed by atoms with Gasteiger partial charge in [-0.05, 0) is 49.9 Å². The molecule has 0 aromatic heterocycles. The van der Waals surface area contributed by atoms with Crippen LogP contribution in [0.15, 0.2) is 24.3 Å². The zero-order chi connectivity index (χ0) is 12.5. The second kappa shape index (κ2) is 4.67. The van der Waals surface area contributed by atoms with Gasteiger partial charge in [0.05, 0.1) is 5.60 Å². The van der Waals surface area contributed by atoms with Gasteiger partial charge in [0.15, 0.2) is 0 Å². The molecule has 0 radical (unpaired) electrons. The molecule has 2 N–H and O–H groups in total. The zero-order valence-corrected chi connectivity index (χ0v) is 10.5. The molecule has 1 saturated carbocycles. The Labute approximate surface area is 106 Å². The number of hydrogen-bond donors (Lipinski definition) is 2. The fourth-order valence-electron chi connectivity index (χ4n) is 1.81. The van der Waals surface area contributed by atoms with Gasteiger partial charge in [-0.2, -0.15) is 0 Å². The molecule has 3 nitrogen and oxygen atoms in total. The highest BCUT2D eigenvalue weighted by molar-refractivity contribution is 6.30. The van der Waals surface area contributed by atoms with Crippen LogP contribution in [-0.4, -0.2) is 23.2 Å². The van der Waals surface area contributed by atoms with Crippen molar-refractivity contribution in [2.24, 2.45) is 5.92 Å². The Balaban J connectivity index is 1.91. The monoisotopic (exact) mass is 253 g/mol. The molecule has 92 valence electrons. The quantitative estimate of drug-likeness (QED) is 0.865. The van der Waals surface area contributed by atoms with E-state index in [9.17, 15) is 9.90 Å². The van der Waals surface area contributed by atoms with E-state index in [0.717, 1.165) is 12.8 Å². The lowest BCUT2D eigenvalue weighted by Crippen LogP contribution is -2.42. The van der Waals surface area contributed by atoms with Gasteiger partial charge in [-0.25, -0.2) is 0 Å². The van der Waals surface area contributed by atoms with E-state index in [0.29, 0.717) is 23.0 Å². The SMILES string of the molecule is CC(O)(CNC(=O)c1ccc(Cl)cc1)C1CC1. The molecular formula is C13H16ClNO2. The summed E-state index contributed by atoms with van der Waals surface area (Å²) in [5.41, 5.74) is -0.233. The largest absolute Gasteiger partial charge is 0.388 e. The van der Waals surface area contributed by atoms with Crippen molar-refractivity contribution < 1.29 is 9.90 Å². The maximum atomic E-state index is 11.8. The lowest BCUT2D eigenvalue weighted by molar-refractivity contribution is 0.0354. The number of rotatable bonds is 4. The number of aliphatic hydroxyl groups is 1. The van der Waals surface area contributed by atoms with E-state index >= 15 is 0 Å². The summed E-state index contributed by atoms with van der Waals surface area (Å²) in [7, 11) is 0. The number of nitrogens with one attached hydrogen (secondary N) is 1. The van der Waals surface area contributed by atoms with Gasteiger partial charge in [0.2, 0.25) is 0 Å². The van der Waals surface area contributed by atoms with Crippen molar-refractivity contribution >= 4 is 17.5 Å². The lowest BCUT2D eigenvalue weighted by Gasteiger charge is -2.23. The second-order valence-corrected chi connectivity index (χ2v) is 5.26. The molecule has 0 heterocycles. The molecule has 17 heavy (non-hydrogen) atoms. The number of carbonyl (C=O) groups is 1. The molecule has 0 spiro atoms. The Bertz CT molecular complexity index is 410. The third kappa shape index (κ3) is 3.20. The standard InChI is InChI=1S/C13H16ClNO2/c1-13(17,10-4-5-10)8-15-12(16)9-2-6-11(14)7-3-9/h2-3,6-7,10,17H,4-5,8H2,1H3,(H,15,16). The van der Waals surface area contributed by atoms with E-state index in [1.165, 1.54) is 0 Å². The predicted molar refractivity (Wildman–Crippen MR) is 67.1 cm³/mol. The molecular weight excluding hydrogens is 238 g/mol. The minimum atomic E-state index is -0.790. The van der Waals surface area contributed by atoms with E-state index in [1.807, 2.05) is 0 Å². The molecule has 1 aromatic rings. The molecule has 0 aliphatic heterocycles. The van der Waals surface area contributed by atoms with Gasteiger partial charge < -0.3 is 10.4 Å². The molecule has 1 unspecified atom stereocenters. The highest BCUT2D eigenvalue weighted by Gasteiger charge is 2.39. The molecule has 1 aromatic carbocycles. The van der Waals surface area contributed by atoms with Crippen molar-refractivity contribution in [3.05, 3.63) is 34.9 Å². The predicted octanol–water partition coefficient (Wildman–Crippen LogP) is 2.23. The fraction of sp³-hybridized carbons (Fsp3) is 0.462. The molecule has 0 bridgehead atoms. The first kappa shape index (κ1) is 12.4. The molecule has 1 aliphatic carbocycles. The van der Waals surface area contributed by atoms with E-state index < -0.39 is 5.60 Å². The summed E-state index contributed by atoms with van der Waals surface area (Å²) in [5.74, 6) is 0.149. The van der Waals surface area contributed by atoms with Crippen LogP contribution in [0.4, 0.5) is 0 Å². The summed E-state index contributed by atoms with van der Waals surface area (Å²) < 4.78 is 0. The van der Waals surface area contributed by atoms with E-state index in [4.69, 9.17) is 11.6 Å². The molecule has 1 aliphatic rings. The number of hydrogen-bond acceptors (Lipinski definition) is 2. The van der Waals surface area contributed by atoms with Gasteiger partial charge in [-0.15, -0.1) is 0 Å². The molecule has 1 atom stereocenters. The van der Waals surface area contributed by atoms with Crippen LogP contribution < -0.4 is 5.32 Å². The first-order chi connectivity index (χ1) is 7.99. The van der Waals surface area contributed by atoms with Gasteiger partial charge in [0, 0.05) is 17.1 Å². The minimum Gasteiger partial charge on any atom is -0.388 e. The van der Waals surface area contributed by atoms with Crippen LogP contribution in [0.25, 0.3) is 0 Å². The number of carbonyl (C=O) groups excluding carboxylic acids is 1. The van der Waals surface area contributed by atoms with Crippen molar-refractivity contribution in [2.45, 2.75) is 25.4 Å². The van der Waals surface area contributed by atoms with Crippen molar-refractivity contribution in [2.75, 3.05) is 6.54 Å². The van der Waals surface area contributed by atoms with Gasteiger partial charge >= 0.3 is 0 Å². The average molecular weight is 254 g/mol. The number of benzene rings is 1. The molecule has 4 heteroatoms. The Morgan fingerprint density at radius 2 is 2.06 bits per heavy atom. The van der Waals surface area contributed by atoms with E-state index in [2.05, 4.69) is 5.32 Å². The summed E-state index contributed by atoms with van der Waals surface area (Å²) in [6, 6.07) is 6.69. The third-order valence-corrected chi connectivity index (χ3v) is 3.42. The Hall–Kier alpha value is -1.06. The van der Waals surface area contributed by atoms with Gasteiger partial charge in [0.1, 0.15) is 0 Å². The maximum absolute atomic E-state index is 11.8. The average Bonchev–Trinajstić information content (AvgIpc) is 3.11. The van der Waals surface area contributed by atoms with Gasteiger partial charge in [-0.3, -0.25) is 4.79 Å². The lowest BCUT2D eigenvalue weighted by atomic mass is 10.0. The van der Waals surface area contributed by atoms with Crippen molar-refractivity contribution in [3.8, 4) is 0 Å². The topological polar surface area (TPSA) is 49.3 Å². The normalized spacial score (nSPS) is 18.5. The van der Waals surface area contributed by atoms with Crippen LogP contribution >= 0.6 is 11.6 Å². The van der Waals surface area contributed by atoms with Crippen molar-refractivity contribution in [1.82, 2.24) is 5.32 Å².